The van der Waals surface area contributed by atoms with Crippen molar-refractivity contribution in [2.75, 3.05) is 19.7 Å². The number of nitrogens with one attached hydrogen (secondary N) is 1. The van der Waals surface area contributed by atoms with Gasteiger partial charge in [-0.2, -0.15) is 13.2 Å². The Morgan fingerprint density at radius 3 is 2.77 bits per heavy atom. The summed E-state index contributed by atoms with van der Waals surface area (Å²) in [6, 6.07) is 0. The molecule has 2 N–H and O–H groups in total. The second-order valence-corrected chi connectivity index (χ2v) is 4.52. The SMILES string of the molecule is CCOC(=O)C1=CC([N+](=O)[O-])=C2NCCN2[C@]1(O)C(F)(F)F. The van der Waals surface area contributed by atoms with Crippen LogP contribution in [0.4, 0.5) is 13.2 Å². The summed E-state index contributed by atoms with van der Waals surface area (Å²) in [6.07, 6.45) is -4.86. The number of halogens is 3. The van der Waals surface area contributed by atoms with Gasteiger partial charge in [0.15, 0.2) is 5.82 Å². The van der Waals surface area contributed by atoms with Crippen LogP contribution in [0.25, 0.3) is 0 Å². The zero-order valence-corrected chi connectivity index (χ0v) is 11.3. The van der Waals surface area contributed by atoms with E-state index in [1.54, 1.807) is 0 Å². The van der Waals surface area contributed by atoms with Gasteiger partial charge in [0, 0.05) is 19.2 Å². The minimum absolute atomic E-state index is 0.0466. The highest BCUT2D eigenvalue weighted by Gasteiger charge is 2.66. The summed E-state index contributed by atoms with van der Waals surface area (Å²) in [5.41, 5.74) is -5.66. The number of carbonyl (C=O) groups excluding carboxylic acids is 1. The van der Waals surface area contributed by atoms with Gasteiger partial charge in [-0.1, -0.05) is 0 Å². The van der Waals surface area contributed by atoms with Crippen LogP contribution < -0.4 is 5.32 Å². The van der Waals surface area contributed by atoms with Crippen molar-refractivity contribution in [3.05, 3.63) is 33.3 Å². The number of nitro groups is 1. The van der Waals surface area contributed by atoms with Crippen LogP contribution in [0, 0.1) is 10.1 Å². The molecule has 2 aliphatic rings. The molecule has 0 amide bonds. The van der Waals surface area contributed by atoms with Crippen LogP contribution in [0.1, 0.15) is 6.92 Å². The second-order valence-electron chi connectivity index (χ2n) is 4.52. The maximum Gasteiger partial charge on any atom is 0.441 e. The highest BCUT2D eigenvalue weighted by molar-refractivity contribution is 5.92. The van der Waals surface area contributed by atoms with E-state index in [9.17, 15) is 33.2 Å². The van der Waals surface area contributed by atoms with E-state index in [1.807, 2.05) is 0 Å². The van der Waals surface area contributed by atoms with Gasteiger partial charge in [-0.3, -0.25) is 10.1 Å². The Morgan fingerprint density at radius 1 is 1.64 bits per heavy atom. The van der Waals surface area contributed by atoms with E-state index in [1.165, 1.54) is 6.92 Å². The summed E-state index contributed by atoms with van der Waals surface area (Å²) in [4.78, 5) is 22.2. The Balaban J connectivity index is 2.66. The lowest BCUT2D eigenvalue weighted by Crippen LogP contribution is -2.62. The highest BCUT2D eigenvalue weighted by Crippen LogP contribution is 2.45. The van der Waals surface area contributed by atoms with Gasteiger partial charge in [-0.15, -0.1) is 0 Å². The van der Waals surface area contributed by atoms with Crippen LogP contribution in [0.5, 0.6) is 0 Å². The van der Waals surface area contributed by atoms with Gasteiger partial charge >= 0.3 is 17.8 Å². The maximum atomic E-state index is 13.4. The molecule has 0 aromatic carbocycles. The molecule has 11 heteroatoms. The molecule has 2 rings (SSSR count). The van der Waals surface area contributed by atoms with Gasteiger partial charge in [0.2, 0.25) is 0 Å². The van der Waals surface area contributed by atoms with E-state index in [2.05, 4.69) is 10.1 Å². The fraction of sp³-hybridized carbons (Fsp3) is 0.545. The van der Waals surface area contributed by atoms with Crippen molar-refractivity contribution in [1.29, 1.82) is 0 Å². The third-order valence-electron chi connectivity index (χ3n) is 3.27. The summed E-state index contributed by atoms with van der Waals surface area (Å²) < 4.78 is 44.6. The van der Waals surface area contributed by atoms with Crippen LogP contribution in [0.2, 0.25) is 0 Å². The molecule has 0 spiro atoms. The molecule has 0 aromatic rings. The predicted molar refractivity (Wildman–Crippen MR) is 64.4 cm³/mol. The molecule has 0 unspecified atom stereocenters. The molecule has 122 valence electrons. The minimum Gasteiger partial charge on any atom is -0.462 e. The molecule has 2 heterocycles. The Kier molecular flexibility index (Phi) is 3.77. The molecule has 0 aliphatic carbocycles. The first-order valence-corrected chi connectivity index (χ1v) is 6.23. The fourth-order valence-electron chi connectivity index (χ4n) is 2.35. The number of carbonyl (C=O) groups is 1. The number of alkyl halides is 3. The maximum absolute atomic E-state index is 13.4. The predicted octanol–water partition coefficient (Wildman–Crippen LogP) is 0.0914. The zero-order valence-electron chi connectivity index (χ0n) is 11.3. The molecule has 1 atom stereocenters. The quantitative estimate of drug-likeness (QED) is 0.431. The summed E-state index contributed by atoms with van der Waals surface area (Å²) in [5, 5.41) is 23.6. The van der Waals surface area contributed by atoms with Crippen LogP contribution in [0.3, 0.4) is 0 Å². The minimum atomic E-state index is -5.26. The van der Waals surface area contributed by atoms with Crippen LogP contribution in [0.15, 0.2) is 23.2 Å². The number of ether oxygens (including phenoxy) is 1. The van der Waals surface area contributed by atoms with Gasteiger partial charge in [0.1, 0.15) is 5.57 Å². The van der Waals surface area contributed by atoms with Crippen molar-refractivity contribution >= 4 is 5.97 Å². The largest absolute Gasteiger partial charge is 0.462 e. The summed E-state index contributed by atoms with van der Waals surface area (Å²) >= 11 is 0. The first-order chi connectivity index (χ1) is 10.1. The Hall–Kier alpha value is -2.30. The van der Waals surface area contributed by atoms with Crippen molar-refractivity contribution in [1.82, 2.24) is 10.2 Å². The molecule has 22 heavy (non-hydrogen) atoms. The first-order valence-electron chi connectivity index (χ1n) is 6.23. The molecular weight excluding hydrogens is 311 g/mol. The lowest BCUT2D eigenvalue weighted by atomic mass is 9.95. The van der Waals surface area contributed by atoms with E-state index < -0.39 is 39.9 Å². The van der Waals surface area contributed by atoms with E-state index in [4.69, 9.17) is 0 Å². The average Bonchev–Trinajstić information content (AvgIpc) is 2.87. The number of hydrogen-bond donors (Lipinski definition) is 2. The van der Waals surface area contributed by atoms with Crippen molar-refractivity contribution in [3.63, 3.8) is 0 Å². The highest BCUT2D eigenvalue weighted by atomic mass is 19.4. The molecule has 2 aliphatic heterocycles. The lowest BCUT2D eigenvalue weighted by Gasteiger charge is -2.41. The van der Waals surface area contributed by atoms with Crippen LogP contribution >= 0.6 is 0 Å². The third-order valence-corrected chi connectivity index (χ3v) is 3.27. The van der Waals surface area contributed by atoms with Gasteiger partial charge in [0.25, 0.3) is 5.72 Å². The van der Waals surface area contributed by atoms with Gasteiger partial charge in [-0.25, -0.2) is 4.79 Å². The second kappa shape index (κ2) is 5.16. The van der Waals surface area contributed by atoms with Gasteiger partial charge in [0.05, 0.1) is 11.5 Å². The summed E-state index contributed by atoms with van der Waals surface area (Å²) in [6.45, 7) is 0.711. The topological polar surface area (TPSA) is 105 Å². The number of aliphatic hydroxyl groups is 1. The van der Waals surface area contributed by atoms with E-state index in [-0.39, 0.29) is 19.7 Å². The molecule has 0 radical (unpaired) electrons. The average molecular weight is 323 g/mol. The van der Waals surface area contributed by atoms with Gasteiger partial charge in [-0.05, 0) is 6.92 Å². The molecule has 0 saturated carbocycles. The van der Waals surface area contributed by atoms with E-state index >= 15 is 0 Å². The van der Waals surface area contributed by atoms with Crippen LogP contribution in [-0.4, -0.2) is 52.5 Å². The van der Waals surface area contributed by atoms with E-state index in [0.29, 0.717) is 11.0 Å². The monoisotopic (exact) mass is 323 g/mol. The van der Waals surface area contributed by atoms with Crippen LogP contribution in [-0.2, 0) is 9.53 Å². The summed E-state index contributed by atoms with van der Waals surface area (Å²) in [7, 11) is 0. The lowest BCUT2D eigenvalue weighted by molar-refractivity contribution is -0.424. The molecule has 0 aromatic heterocycles. The number of rotatable bonds is 3. The number of nitrogens with zero attached hydrogens (tertiary/aromatic N) is 2. The van der Waals surface area contributed by atoms with Crippen molar-refractivity contribution in [2.45, 2.75) is 18.8 Å². The van der Waals surface area contributed by atoms with Crippen molar-refractivity contribution in [3.8, 4) is 0 Å². The third kappa shape index (κ3) is 2.17. The standard InChI is InChI=1S/C11H12F3N3O5/c1-2-22-9(18)6-5-7(17(20)21)8-15-3-4-16(8)10(6,19)11(12,13)14/h5,15,19H,2-4H2,1H3/t10-/m1/s1. The van der Waals surface area contributed by atoms with Crippen molar-refractivity contribution < 1.29 is 32.7 Å². The molecule has 1 saturated heterocycles. The first kappa shape index (κ1) is 16.1. The molecular formula is C11H12F3N3O5. The van der Waals surface area contributed by atoms with Crippen molar-refractivity contribution in [2.24, 2.45) is 0 Å². The number of hydrogen-bond acceptors (Lipinski definition) is 7. The Labute approximate surface area is 122 Å². The fourth-order valence-corrected chi connectivity index (χ4v) is 2.35. The van der Waals surface area contributed by atoms with Gasteiger partial charge < -0.3 is 20.1 Å². The Morgan fingerprint density at radius 2 is 2.27 bits per heavy atom. The smallest absolute Gasteiger partial charge is 0.441 e. The number of allylic oxidation sites excluding steroid dienone is 1. The van der Waals surface area contributed by atoms with E-state index in [0.717, 1.165) is 0 Å². The Bertz CT molecular complexity index is 586. The number of fused-ring (bicyclic) bond motifs is 1. The normalized spacial score (nSPS) is 24.6. The summed E-state index contributed by atoms with van der Waals surface area (Å²) in [5.74, 6) is -1.95. The number of esters is 1. The molecule has 1 fully saturated rings. The molecule has 0 bridgehead atoms. The molecule has 8 nitrogen and oxygen atoms in total. The zero-order chi connectivity index (χ0) is 16.7.